The zero-order valence-corrected chi connectivity index (χ0v) is 32.3. The van der Waals surface area contributed by atoms with Crippen molar-refractivity contribution in [1.29, 1.82) is 0 Å². The molecule has 2 aliphatic rings. The van der Waals surface area contributed by atoms with Gasteiger partial charge in [0.1, 0.15) is 0 Å². The van der Waals surface area contributed by atoms with E-state index in [2.05, 4.69) is 240 Å². The maximum atomic E-state index is 2.48. The molecular formula is C57H38N2. The second-order valence-corrected chi connectivity index (χ2v) is 15.6. The van der Waals surface area contributed by atoms with Crippen LogP contribution in [-0.4, -0.2) is 0 Å². The zero-order valence-electron chi connectivity index (χ0n) is 32.3. The maximum absolute atomic E-state index is 2.48. The average molecular weight is 751 g/mol. The first-order valence-corrected chi connectivity index (χ1v) is 20.4. The molecule has 0 N–H and O–H groups in total. The SMILES string of the molecule is c1ccc(N(c2ccccc2)c2cccc3c2-c2ccccc2C32c3ccccc3-c3cc(N(c4ccccc4)c4ccc5ccccc5c4)c4ccccc4c32)cc1. The van der Waals surface area contributed by atoms with Gasteiger partial charge in [-0.15, -0.1) is 0 Å². The molecule has 0 bridgehead atoms. The van der Waals surface area contributed by atoms with Crippen molar-refractivity contribution in [3.05, 3.63) is 253 Å². The van der Waals surface area contributed by atoms with Crippen LogP contribution in [0.4, 0.5) is 34.1 Å². The number of benzene rings is 10. The molecule has 0 saturated heterocycles. The van der Waals surface area contributed by atoms with Crippen molar-refractivity contribution in [1.82, 2.24) is 0 Å². The van der Waals surface area contributed by atoms with Gasteiger partial charge in [-0.25, -0.2) is 0 Å². The summed E-state index contributed by atoms with van der Waals surface area (Å²) in [4.78, 5) is 4.88. The van der Waals surface area contributed by atoms with Crippen LogP contribution in [0.5, 0.6) is 0 Å². The predicted octanol–water partition coefficient (Wildman–Crippen LogP) is 15.3. The Labute approximate surface area is 344 Å². The van der Waals surface area contributed by atoms with Crippen LogP contribution < -0.4 is 9.80 Å². The van der Waals surface area contributed by atoms with Crippen molar-refractivity contribution in [2.45, 2.75) is 5.41 Å². The minimum atomic E-state index is -0.550. The van der Waals surface area contributed by atoms with Crippen LogP contribution in [0.3, 0.4) is 0 Å². The summed E-state index contributed by atoms with van der Waals surface area (Å²) in [6, 6.07) is 84.8. The molecule has 1 spiro atoms. The summed E-state index contributed by atoms with van der Waals surface area (Å²) in [5.41, 5.74) is 16.7. The molecule has 12 rings (SSSR count). The third-order valence-corrected chi connectivity index (χ3v) is 12.6. The van der Waals surface area contributed by atoms with Gasteiger partial charge in [0.05, 0.1) is 16.8 Å². The Morgan fingerprint density at radius 1 is 0.288 bits per heavy atom. The monoisotopic (exact) mass is 750 g/mol. The molecule has 2 nitrogen and oxygen atoms in total. The molecule has 1 atom stereocenters. The van der Waals surface area contributed by atoms with Crippen molar-refractivity contribution in [3.63, 3.8) is 0 Å². The lowest BCUT2D eigenvalue weighted by atomic mass is 9.69. The molecule has 2 aliphatic carbocycles. The highest BCUT2D eigenvalue weighted by Gasteiger charge is 2.53. The van der Waals surface area contributed by atoms with E-state index in [9.17, 15) is 0 Å². The first-order chi connectivity index (χ1) is 29.3. The lowest BCUT2D eigenvalue weighted by Gasteiger charge is -2.33. The number of hydrogen-bond acceptors (Lipinski definition) is 2. The minimum Gasteiger partial charge on any atom is -0.310 e. The van der Waals surface area contributed by atoms with Crippen molar-refractivity contribution >= 4 is 55.7 Å². The fraction of sp³-hybridized carbons (Fsp3) is 0.0175. The van der Waals surface area contributed by atoms with Gasteiger partial charge < -0.3 is 9.80 Å². The van der Waals surface area contributed by atoms with E-state index in [0.717, 1.165) is 28.4 Å². The van der Waals surface area contributed by atoms with Gasteiger partial charge in [0.2, 0.25) is 0 Å². The van der Waals surface area contributed by atoms with Crippen molar-refractivity contribution in [2.75, 3.05) is 9.80 Å². The first-order valence-electron chi connectivity index (χ1n) is 20.4. The number of para-hydroxylation sites is 3. The van der Waals surface area contributed by atoms with E-state index >= 15 is 0 Å². The summed E-state index contributed by atoms with van der Waals surface area (Å²) in [6.07, 6.45) is 0. The first kappa shape index (κ1) is 33.5. The zero-order chi connectivity index (χ0) is 38.9. The lowest BCUT2D eigenvalue weighted by Crippen LogP contribution is -2.26. The smallest absolute Gasteiger partial charge is 0.0732 e. The molecule has 0 fully saturated rings. The van der Waals surface area contributed by atoms with Crippen LogP contribution in [0.2, 0.25) is 0 Å². The molecule has 0 aromatic heterocycles. The van der Waals surface area contributed by atoms with Gasteiger partial charge in [0, 0.05) is 33.7 Å². The minimum absolute atomic E-state index is 0.550. The number of nitrogens with zero attached hydrogens (tertiary/aromatic N) is 2. The van der Waals surface area contributed by atoms with Crippen LogP contribution in [-0.2, 0) is 5.41 Å². The van der Waals surface area contributed by atoms with Crippen molar-refractivity contribution in [3.8, 4) is 22.3 Å². The highest BCUT2D eigenvalue weighted by atomic mass is 15.2. The van der Waals surface area contributed by atoms with E-state index < -0.39 is 5.41 Å². The fourth-order valence-electron chi connectivity index (χ4n) is 10.3. The Bertz CT molecular complexity index is 3190. The molecule has 0 aliphatic heterocycles. The van der Waals surface area contributed by atoms with Gasteiger partial charge in [-0.3, -0.25) is 0 Å². The largest absolute Gasteiger partial charge is 0.310 e. The number of hydrogen-bond donors (Lipinski definition) is 0. The van der Waals surface area contributed by atoms with Crippen LogP contribution >= 0.6 is 0 Å². The van der Waals surface area contributed by atoms with E-state index in [0.29, 0.717) is 0 Å². The Morgan fingerprint density at radius 3 is 1.47 bits per heavy atom. The van der Waals surface area contributed by atoms with Crippen LogP contribution in [0, 0.1) is 0 Å². The van der Waals surface area contributed by atoms with E-state index in [-0.39, 0.29) is 0 Å². The standard InChI is InChI=1S/C57H38N2/c1-4-21-41(22-5-1)58(42-23-6-2-7-24-42)53-34-18-33-52-55(53)48-30-15-17-32-51(48)57(52)50-31-16-14-27-45(50)49-38-54(46-28-12-13-29-47(46)56(49)57)59(43-25-8-3-9-26-43)44-36-35-39-19-10-11-20-40(39)37-44/h1-38H. The molecule has 1 unspecified atom stereocenters. The normalized spacial score (nSPS) is 14.5. The van der Waals surface area contributed by atoms with E-state index in [4.69, 9.17) is 0 Å². The van der Waals surface area contributed by atoms with Crippen LogP contribution in [0.25, 0.3) is 43.8 Å². The molecule has 59 heavy (non-hydrogen) atoms. The highest BCUT2D eigenvalue weighted by molar-refractivity contribution is 6.11. The molecule has 2 heteroatoms. The third kappa shape index (κ3) is 4.87. The topological polar surface area (TPSA) is 6.48 Å². The second kappa shape index (κ2) is 13.2. The van der Waals surface area contributed by atoms with Crippen LogP contribution in [0.1, 0.15) is 22.3 Å². The maximum Gasteiger partial charge on any atom is 0.0732 e. The highest BCUT2D eigenvalue weighted by Crippen LogP contribution is 2.66. The van der Waals surface area contributed by atoms with Gasteiger partial charge in [-0.1, -0.05) is 170 Å². The summed E-state index contributed by atoms with van der Waals surface area (Å²) >= 11 is 0. The third-order valence-electron chi connectivity index (χ3n) is 12.6. The summed E-state index contributed by atoms with van der Waals surface area (Å²) < 4.78 is 0. The van der Waals surface area contributed by atoms with Crippen molar-refractivity contribution < 1.29 is 0 Å². The van der Waals surface area contributed by atoms with Gasteiger partial charge in [0.15, 0.2) is 0 Å². The average Bonchev–Trinajstić information content (AvgIpc) is 3.78. The van der Waals surface area contributed by atoms with Crippen LogP contribution in [0.15, 0.2) is 231 Å². The molecule has 0 saturated carbocycles. The summed E-state index contributed by atoms with van der Waals surface area (Å²) in [6.45, 7) is 0. The van der Waals surface area contributed by atoms with E-state index in [1.54, 1.807) is 0 Å². The molecule has 0 heterocycles. The van der Waals surface area contributed by atoms with E-state index in [1.165, 1.54) is 71.7 Å². The lowest BCUT2D eigenvalue weighted by molar-refractivity contribution is 0.801. The molecular weight excluding hydrogens is 713 g/mol. The Balaban J connectivity index is 1.18. The second-order valence-electron chi connectivity index (χ2n) is 15.6. The molecule has 0 radical (unpaired) electrons. The quantitative estimate of drug-likeness (QED) is 0.167. The summed E-state index contributed by atoms with van der Waals surface area (Å²) in [5, 5.41) is 4.92. The number of fused-ring (bicyclic) bond motifs is 13. The predicted molar refractivity (Wildman–Crippen MR) is 247 cm³/mol. The molecule has 10 aromatic carbocycles. The van der Waals surface area contributed by atoms with Gasteiger partial charge in [-0.05, 0) is 116 Å². The van der Waals surface area contributed by atoms with E-state index in [1.807, 2.05) is 0 Å². The van der Waals surface area contributed by atoms with Gasteiger partial charge in [0.25, 0.3) is 0 Å². The number of rotatable bonds is 6. The Kier molecular flexibility index (Phi) is 7.48. The fourth-order valence-corrected chi connectivity index (χ4v) is 10.3. The summed E-state index contributed by atoms with van der Waals surface area (Å²) in [7, 11) is 0. The molecule has 276 valence electrons. The Morgan fingerprint density at radius 2 is 0.797 bits per heavy atom. The Hall–Kier alpha value is -7.68. The molecule has 10 aromatic rings. The summed E-state index contributed by atoms with van der Waals surface area (Å²) in [5.74, 6) is 0. The van der Waals surface area contributed by atoms with Gasteiger partial charge >= 0.3 is 0 Å². The number of anilines is 6. The van der Waals surface area contributed by atoms with Crippen molar-refractivity contribution in [2.24, 2.45) is 0 Å². The van der Waals surface area contributed by atoms with Gasteiger partial charge in [-0.2, -0.15) is 0 Å². The molecule has 0 amide bonds.